The van der Waals surface area contributed by atoms with Crippen molar-refractivity contribution in [3.05, 3.63) is 76.5 Å². The van der Waals surface area contributed by atoms with Gasteiger partial charge in [-0.25, -0.2) is 0 Å². The fourth-order valence-corrected chi connectivity index (χ4v) is 2.98. The molecule has 9 heteroatoms. The molecule has 3 aromatic rings. The predicted molar refractivity (Wildman–Crippen MR) is 99.8 cm³/mol. The van der Waals surface area contributed by atoms with Gasteiger partial charge in [-0.3, -0.25) is 9.59 Å². The molecular weight excluding hydrogens is 393 g/mol. The normalized spacial score (nSPS) is 11.0. The Morgan fingerprint density at radius 1 is 0.929 bits per heavy atom. The van der Waals surface area contributed by atoms with Crippen molar-refractivity contribution in [2.45, 2.75) is 6.36 Å². The maximum absolute atomic E-state index is 12.6. The topological polar surface area (TPSA) is 67.4 Å². The molecule has 1 heterocycles. The third kappa shape index (κ3) is 5.10. The van der Waals surface area contributed by atoms with E-state index in [-0.39, 0.29) is 22.8 Å². The zero-order valence-corrected chi connectivity index (χ0v) is 14.9. The molecular formula is C19H13F3N2O3S. The minimum atomic E-state index is -4.83. The van der Waals surface area contributed by atoms with Gasteiger partial charge in [0.2, 0.25) is 0 Å². The Bertz CT molecular complexity index is 988. The maximum Gasteiger partial charge on any atom is 0.573 e. The SMILES string of the molecule is O=C(Nc1ccccc1C(=O)Nc1cccc(OC(F)(F)F)c1)c1ccsc1. The molecule has 0 saturated carbocycles. The molecule has 28 heavy (non-hydrogen) atoms. The predicted octanol–water partition coefficient (Wildman–Crippen LogP) is 5.15. The molecule has 5 nitrogen and oxygen atoms in total. The van der Waals surface area contributed by atoms with E-state index in [9.17, 15) is 22.8 Å². The number of rotatable bonds is 5. The second-order valence-corrected chi connectivity index (χ2v) is 6.32. The number of nitrogens with one attached hydrogen (secondary N) is 2. The first-order valence-electron chi connectivity index (χ1n) is 7.91. The Morgan fingerprint density at radius 2 is 1.71 bits per heavy atom. The summed E-state index contributed by atoms with van der Waals surface area (Å²) in [5.41, 5.74) is 1.01. The lowest BCUT2D eigenvalue weighted by atomic mass is 10.1. The van der Waals surface area contributed by atoms with Crippen molar-refractivity contribution in [2.24, 2.45) is 0 Å². The molecule has 0 saturated heterocycles. The molecule has 0 aliphatic rings. The van der Waals surface area contributed by atoms with Crippen molar-refractivity contribution < 1.29 is 27.5 Å². The first-order chi connectivity index (χ1) is 13.3. The van der Waals surface area contributed by atoms with Gasteiger partial charge in [-0.15, -0.1) is 13.2 Å². The van der Waals surface area contributed by atoms with Crippen LogP contribution in [0.5, 0.6) is 5.75 Å². The summed E-state index contributed by atoms with van der Waals surface area (Å²) in [5, 5.41) is 8.58. The monoisotopic (exact) mass is 406 g/mol. The van der Waals surface area contributed by atoms with Gasteiger partial charge < -0.3 is 15.4 Å². The molecule has 0 aliphatic carbocycles. The quantitative estimate of drug-likeness (QED) is 0.616. The maximum atomic E-state index is 12.6. The van der Waals surface area contributed by atoms with E-state index in [1.165, 1.54) is 29.5 Å². The van der Waals surface area contributed by atoms with E-state index in [1.54, 1.807) is 35.0 Å². The van der Waals surface area contributed by atoms with E-state index in [0.29, 0.717) is 5.56 Å². The zero-order chi connectivity index (χ0) is 20.1. The number of halogens is 3. The van der Waals surface area contributed by atoms with E-state index in [2.05, 4.69) is 15.4 Å². The molecule has 2 N–H and O–H groups in total. The van der Waals surface area contributed by atoms with Crippen LogP contribution in [0.15, 0.2) is 65.4 Å². The molecule has 144 valence electrons. The van der Waals surface area contributed by atoms with E-state index in [0.717, 1.165) is 12.1 Å². The number of amides is 2. The fraction of sp³-hybridized carbons (Fsp3) is 0.0526. The summed E-state index contributed by atoms with van der Waals surface area (Å²) in [4.78, 5) is 24.8. The van der Waals surface area contributed by atoms with Crippen LogP contribution in [0.4, 0.5) is 24.5 Å². The molecule has 1 aromatic heterocycles. The fourth-order valence-electron chi connectivity index (χ4n) is 2.35. The Morgan fingerprint density at radius 3 is 2.43 bits per heavy atom. The average Bonchev–Trinajstić information content (AvgIpc) is 3.16. The third-order valence-corrected chi connectivity index (χ3v) is 4.21. The van der Waals surface area contributed by atoms with Crippen molar-refractivity contribution in [2.75, 3.05) is 10.6 Å². The molecule has 3 rings (SSSR count). The molecule has 0 atom stereocenters. The van der Waals surface area contributed by atoms with Crippen molar-refractivity contribution >= 4 is 34.5 Å². The van der Waals surface area contributed by atoms with Gasteiger partial charge in [0.15, 0.2) is 0 Å². The van der Waals surface area contributed by atoms with Crippen LogP contribution < -0.4 is 15.4 Å². The smallest absolute Gasteiger partial charge is 0.406 e. The number of carbonyl (C=O) groups is 2. The van der Waals surface area contributed by atoms with E-state index < -0.39 is 18.0 Å². The van der Waals surface area contributed by atoms with E-state index in [4.69, 9.17) is 0 Å². The number of para-hydroxylation sites is 1. The van der Waals surface area contributed by atoms with E-state index in [1.807, 2.05) is 0 Å². The lowest BCUT2D eigenvalue weighted by Gasteiger charge is -2.13. The van der Waals surface area contributed by atoms with Gasteiger partial charge in [0.05, 0.1) is 16.8 Å². The van der Waals surface area contributed by atoms with Crippen LogP contribution >= 0.6 is 11.3 Å². The van der Waals surface area contributed by atoms with Gasteiger partial charge in [0.25, 0.3) is 11.8 Å². The lowest BCUT2D eigenvalue weighted by Crippen LogP contribution is -2.19. The van der Waals surface area contributed by atoms with Crippen LogP contribution in [0.2, 0.25) is 0 Å². The number of thiophene rings is 1. The van der Waals surface area contributed by atoms with Crippen molar-refractivity contribution in [1.29, 1.82) is 0 Å². The number of alkyl halides is 3. The third-order valence-electron chi connectivity index (χ3n) is 3.53. The van der Waals surface area contributed by atoms with Crippen molar-refractivity contribution in [3.8, 4) is 5.75 Å². The second kappa shape index (κ2) is 8.13. The van der Waals surface area contributed by atoms with Gasteiger partial charge in [-0.1, -0.05) is 18.2 Å². The van der Waals surface area contributed by atoms with Gasteiger partial charge in [-0.05, 0) is 35.7 Å². The summed E-state index contributed by atoms with van der Waals surface area (Å²) in [7, 11) is 0. The van der Waals surface area contributed by atoms with E-state index >= 15 is 0 Å². The average molecular weight is 406 g/mol. The number of ether oxygens (including phenoxy) is 1. The van der Waals surface area contributed by atoms with Gasteiger partial charge >= 0.3 is 6.36 Å². The van der Waals surface area contributed by atoms with Crippen molar-refractivity contribution in [1.82, 2.24) is 0 Å². The Kier molecular flexibility index (Phi) is 5.65. The van der Waals surface area contributed by atoms with Gasteiger partial charge in [0.1, 0.15) is 5.75 Å². The molecule has 0 bridgehead atoms. The second-order valence-electron chi connectivity index (χ2n) is 5.54. The summed E-state index contributed by atoms with van der Waals surface area (Å²) in [6, 6.07) is 12.9. The molecule has 0 fully saturated rings. The Balaban J connectivity index is 1.76. The highest BCUT2D eigenvalue weighted by atomic mass is 32.1. The summed E-state index contributed by atoms with van der Waals surface area (Å²) < 4.78 is 40.9. The lowest BCUT2D eigenvalue weighted by molar-refractivity contribution is -0.274. The minimum Gasteiger partial charge on any atom is -0.406 e. The van der Waals surface area contributed by atoms with Crippen LogP contribution in [-0.2, 0) is 0 Å². The molecule has 2 amide bonds. The molecule has 0 aliphatic heterocycles. The first-order valence-corrected chi connectivity index (χ1v) is 8.86. The molecule has 2 aromatic carbocycles. The van der Waals surface area contributed by atoms with Crippen LogP contribution in [-0.4, -0.2) is 18.2 Å². The molecule has 0 unspecified atom stereocenters. The van der Waals surface area contributed by atoms with Crippen LogP contribution in [0.25, 0.3) is 0 Å². The highest BCUT2D eigenvalue weighted by molar-refractivity contribution is 7.08. The minimum absolute atomic E-state index is 0.116. The largest absolute Gasteiger partial charge is 0.573 e. The van der Waals surface area contributed by atoms with Crippen molar-refractivity contribution in [3.63, 3.8) is 0 Å². The number of hydrogen-bond donors (Lipinski definition) is 2. The summed E-state index contributed by atoms with van der Waals surface area (Å²) in [5.74, 6) is -1.42. The molecule has 0 spiro atoms. The Labute approximate surface area is 161 Å². The van der Waals surface area contributed by atoms with Crippen LogP contribution in [0.3, 0.4) is 0 Å². The van der Waals surface area contributed by atoms with Crippen LogP contribution in [0, 0.1) is 0 Å². The highest BCUT2D eigenvalue weighted by Gasteiger charge is 2.31. The number of hydrogen-bond acceptors (Lipinski definition) is 4. The summed E-state index contributed by atoms with van der Waals surface area (Å²) >= 11 is 1.36. The standard InChI is InChI=1S/C19H13F3N2O3S/c20-19(21,22)27-14-5-3-4-13(10-14)23-18(26)15-6-1-2-7-16(15)24-17(25)12-8-9-28-11-12/h1-11H,(H,23,26)(H,24,25). The number of anilines is 2. The van der Waals surface area contributed by atoms with Crippen LogP contribution in [0.1, 0.15) is 20.7 Å². The highest BCUT2D eigenvalue weighted by Crippen LogP contribution is 2.26. The summed E-state index contributed by atoms with van der Waals surface area (Å²) in [6.07, 6.45) is -4.83. The zero-order valence-electron chi connectivity index (χ0n) is 14.1. The van der Waals surface area contributed by atoms with Gasteiger partial charge in [0, 0.05) is 17.1 Å². The number of benzene rings is 2. The number of carbonyl (C=O) groups excluding carboxylic acids is 2. The summed E-state index contributed by atoms with van der Waals surface area (Å²) in [6.45, 7) is 0. The molecule has 0 radical (unpaired) electrons. The van der Waals surface area contributed by atoms with Gasteiger partial charge in [-0.2, -0.15) is 11.3 Å². The Hall–Kier alpha value is -3.33. The first kappa shape index (κ1) is 19.4.